The van der Waals surface area contributed by atoms with Crippen LogP contribution in [0.3, 0.4) is 0 Å². The number of hydrogen-bond donors (Lipinski definition) is 1. The molecule has 1 atom stereocenters. The molecule has 0 radical (unpaired) electrons. The molecule has 0 saturated heterocycles. The third-order valence-corrected chi connectivity index (χ3v) is 4.21. The van der Waals surface area contributed by atoms with Gasteiger partial charge < -0.3 is 10.1 Å². The zero-order valence-corrected chi connectivity index (χ0v) is 13.4. The first-order valence-electron chi connectivity index (χ1n) is 7.91. The number of amides is 1. The van der Waals surface area contributed by atoms with Gasteiger partial charge in [-0.25, -0.2) is 0 Å². The molecule has 0 spiro atoms. The summed E-state index contributed by atoms with van der Waals surface area (Å²) in [6.45, 7) is 1.97. The van der Waals surface area contributed by atoms with Crippen LogP contribution < -0.4 is 10.1 Å². The van der Waals surface area contributed by atoms with Crippen LogP contribution in [0.25, 0.3) is 0 Å². The lowest BCUT2D eigenvalue weighted by molar-refractivity contribution is -0.128. The smallest absolute Gasteiger partial charge is 0.261 e. The van der Waals surface area contributed by atoms with Crippen molar-refractivity contribution in [3.8, 4) is 5.75 Å². The Morgan fingerprint density at radius 1 is 1.24 bits per heavy atom. The van der Waals surface area contributed by atoms with E-state index in [1.807, 2.05) is 6.92 Å². The number of carbonyl (C=O) groups is 1. The van der Waals surface area contributed by atoms with E-state index in [2.05, 4.69) is 5.32 Å². The quantitative estimate of drug-likeness (QED) is 0.822. The van der Waals surface area contributed by atoms with E-state index in [0.717, 1.165) is 12.8 Å². The minimum Gasteiger partial charge on any atom is -0.481 e. The summed E-state index contributed by atoms with van der Waals surface area (Å²) in [7, 11) is 0. The molecule has 1 aromatic carbocycles. The van der Waals surface area contributed by atoms with E-state index in [1.54, 1.807) is 24.3 Å². The third-order valence-electron chi connectivity index (χ3n) is 3.96. The molecule has 1 fully saturated rings. The fourth-order valence-corrected chi connectivity index (χ4v) is 2.84. The minimum atomic E-state index is -0.436. The molecular formula is C17H24ClNO2. The summed E-state index contributed by atoms with van der Waals surface area (Å²) in [4.78, 5) is 12.4. The minimum absolute atomic E-state index is 0.000602. The van der Waals surface area contributed by atoms with Gasteiger partial charge in [-0.2, -0.15) is 0 Å². The second kappa shape index (κ2) is 8.28. The predicted molar refractivity (Wildman–Crippen MR) is 85.8 cm³/mol. The summed E-state index contributed by atoms with van der Waals surface area (Å²) >= 11 is 5.85. The van der Waals surface area contributed by atoms with Gasteiger partial charge in [0.05, 0.1) is 0 Å². The van der Waals surface area contributed by atoms with Gasteiger partial charge in [0.25, 0.3) is 5.91 Å². The van der Waals surface area contributed by atoms with E-state index in [4.69, 9.17) is 16.3 Å². The molecule has 1 aliphatic carbocycles. The van der Waals surface area contributed by atoms with Crippen molar-refractivity contribution < 1.29 is 9.53 Å². The third kappa shape index (κ3) is 5.24. The molecule has 0 bridgehead atoms. The lowest BCUT2D eigenvalue weighted by Gasteiger charge is -2.22. The van der Waals surface area contributed by atoms with Crippen LogP contribution >= 0.6 is 11.6 Å². The average molecular weight is 310 g/mol. The van der Waals surface area contributed by atoms with E-state index in [9.17, 15) is 4.79 Å². The van der Waals surface area contributed by atoms with Crippen LogP contribution in [0.4, 0.5) is 0 Å². The van der Waals surface area contributed by atoms with Crippen LogP contribution in [0.15, 0.2) is 24.3 Å². The predicted octanol–water partition coefficient (Wildman–Crippen LogP) is 4.34. The van der Waals surface area contributed by atoms with Crippen molar-refractivity contribution >= 4 is 17.5 Å². The van der Waals surface area contributed by atoms with Gasteiger partial charge in [0.2, 0.25) is 0 Å². The molecule has 4 heteroatoms. The SMILES string of the molecule is CC[C@@H](Oc1ccc(Cl)cc1)C(=O)NC1CCCCCC1. The van der Waals surface area contributed by atoms with Gasteiger partial charge in [-0.1, -0.05) is 44.2 Å². The summed E-state index contributed by atoms with van der Waals surface area (Å²) in [6.07, 6.45) is 7.37. The largest absolute Gasteiger partial charge is 0.481 e. The van der Waals surface area contributed by atoms with Gasteiger partial charge in [-0.3, -0.25) is 4.79 Å². The van der Waals surface area contributed by atoms with Crippen molar-refractivity contribution in [2.75, 3.05) is 0 Å². The Labute approximate surface area is 132 Å². The summed E-state index contributed by atoms with van der Waals surface area (Å²) in [6, 6.07) is 7.44. The van der Waals surface area contributed by atoms with Crippen LogP contribution in [-0.4, -0.2) is 18.1 Å². The Morgan fingerprint density at radius 3 is 2.43 bits per heavy atom. The molecule has 0 aromatic heterocycles. The normalized spacial score (nSPS) is 17.8. The first kappa shape index (κ1) is 16.2. The number of benzene rings is 1. The van der Waals surface area contributed by atoms with Crippen LogP contribution in [0, 0.1) is 0 Å². The number of ether oxygens (including phenoxy) is 1. The Balaban J connectivity index is 1.89. The maximum Gasteiger partial charge on any atom is 0.261 e. The standard InChI is InChI=1S/C17H24ClNO2/c1-2-16(21-15-11-9-13(18)10-12-15)17(20)19-14-7-5-3-4-6-8-14/h9-12,14,16H,2-8H2,1H3,(H,19,20)/t16-/m1/s1. The molecule has 21 heavy (non-hydrogen) atoms. The van der Waals surface area contributed by atoms with Crippen molar-refractivity contribution in [2.24, 2.45) is 0 Å². The van der Waals surface area contributed by atoms with Crippen molar-refractivity contribution in [3.05, 3.63) is 29.3 Å². The second-order valence-corrected chi connectivity index (χ2v) is 6.10. The van der Waals surface area contributed by atoms with Crippen molar-refractivity contribution in [2.45, 2.75) is 64.0 Å². The molecule has 116 valence electrons. The van der Waals surface area contributed by atoms with Gasteiger partial charge in [-0.05, 0) is 43.5 Å². The van der Waals surface area contributed by atoms with E-state index in [-0.39, 0.29) is 5.91 Å². The molecule has 1 aromatic rings. The fraction of sp³-hybridized carbons (Fsp3) is 0.588. The first-order valence-corrected chi connectivity index (χ1v) is 8.29. The maximum absolute atomic E-state index is 12.4. The van der Waals surface area contributed by atoms with Gasteiger partial charge in [0.15, 0.2) is 6.10 Å². The Morgan fingerprint density at radius 2 is 1.86 bits per heavy atom. The van der Waals surface area contributed by atoms with Crippen molar-refractivity contribution in [1.29, 1.82) is 0 Å². The molecule has 0 aliphatic heterocycles. The molecule has 1 aliphatic rings. The van der Waals surface area contributed by atoms with Gasteiger partial charge in [0, 0.05) is 11.1 Å². The molecule has 0 unspecified atom stereocenters. The number of rotatable bonds is 5. The van der Waals surface area contributed by atoms with Gasteiger partial charge >= 0.3 is 0 Å². The lowest BCUT2D eigenvalue weighted by Crippen LogP contribution is -2.43. The summed E-state index contributed by atoms with van der Waals surface area (Å²) < 4.78 is 5.78. The molecule has 1 saturated carbocycles. The van der Waals surface area contributed by atoms with Crippen LogP contribution in [0.2, 0.25) is 5.02 Å². The molecular weight excluding hydrogens is 286 g/mol. The van der Waals surface area contributed by atoms with Crippen molar-refractivity contribution in [3.63, 3.8) is 0 Å². The zero-order chi connectivity index (χ0) is 15.1. The topological polar surface area (TPSA) is 38.3 Å². The monoisotopic (exact) mass is 309 g/mol. The van der Waals surface area contributed by atoms with Crippen LogP contribution in [-0.2, 0) is 4.79 Å². The molecule has 1 amide bonds. The Hall–Kier alpha value is -1.22. The lowest BCUT2D eigenvalue weighted by atomic mass is 10.1. The second-order valence-electron chi connectivity index (χ2n) is 5.67. The van der Waals surface area contributed by atoms with E-state index in [0.29, 0.717) is 23.2 Å². The highest BCUT2D eigenvalue weighted by atomic mass is 35.5. The van der Waals surface area contributed by atoms with Crippen LogP contribution in [0.5, 0.6) is 5.75 Å². The van der Waals surface area contributed by atoms with Gasteiger partial charge in [-0.15, -0.1) is 0 Å². The highest BCUT2D eigenvalue weighted by Gasteiger charge is 2.22. The zero-order valence-electron chi connectivity index (χ0n) is 12.6. The summed E-state index contributed by atoms with van der Waals surface area (Å²) in [5.41, 5.74) is 0. The first-order chi connectivity index (χ1) is 10.2. The molecule has 1 N–H and O–H groups in total. The molecule has 2 rings (SSSR count). The van der Waals surface area contributed by atoms with E-state index in [1.165, 1.54) is 25.7 Å². The van der Waals surface area contributed by atoms with E-state index < -0.39 is 6.10 Å². The van der Waals surface area contributed by atoms with Gasteiger partial charge in [0.1, 0.15) is 5.75 Å². The fourth-order valence-electron chi connectivity index (χ4n) is 2.72. The Bertz CT molecular complexity index is 439. The Kier molecular flexibility index (Phi) is 6.37. The van der Waals surface area contributed by atoms with Crippen LogP contribution in [0.1, 0.15) is 51.9 Å². The number of halogens is 1. The average Bonchev–Trinajstić information content (AvgIpc) is 2.75. The maximum atomic E-state index is 12.4. The summed E-state index contributed by atoms with van der Waals surface area (Å²) in [5.74, 6) is 0.682. The molecule has 3 nitrogen and oxygen atoms in total. The summed E-state index contributed by atoms with van der Waals surface area (Å²) in [5, 5.41) is 3.82. The highest BCUT2D eigenvalue weighted by Crippen LogP contribution is 2.19. The number of nitrogens with one attached hydrogen (secondary N) is 1. The van der Waals surface area contributed by atoms with E-state index >= 15 is 0 Å². The molecule has 0 heterocycles. The number of hydrogen-bond acceptors (Lipinski definition) is 2. The number of carbonyl (C=O) groups excluding carboxylic acids is 1. The van der Waals surface area contributed by atoms with Crippen molar-refractivity contribution in [1.82, 2.24) is 5.32 Å². The highest BCUT2D eigenvalue weighted by molar-refractivity contribution is 6.30.